The fraction of sp³-hybridized carbons (Fsp3) is 0.364. The van der Waals surface area contributed by atoms with Gasteiger partial charge in [0.1, 0.15) is 7.11 Å². The summed E-state index contributed by atoms with van der Waals surface area (Å²) < 4.78 is 28.0. The second kappa shape index (κ2) is 10.0. The molecule has 1 fully saturated rings. The normalized spacial score (nSPS) is 19.3. The maximum Gasteiger partial charge on any atom is 0.243 e. The Kier molecular flexibility index (Phi) is 7.42. The van der Waals surface area contributed by atoms with Gasteiger partial charge in [0, 0.05) is 25.4 Å². The summed E-state index contributed by atoms with van der Waals surface area (Å²) in [7, 11) is -2.45. The standard InChI is InChI=1S/C22H27N3O5S/c1-16(26)14-23-22(27)13-20-12-19(24-30-2)15-25(20)31(28,29)21-10-8-18(9-11-21)17-6-4-3-5-7-17/h3-11,16,20,26H,12-15H2,1-2H3,(H,23,27)/t16?,20-/m0/s1. The van der Waals surface area contributed by atoms with E-state index in [0.717, 1.165) is 11.1 Å². The molecule has 0 radical (unpaired) electrons. The summed E-state index contributed by atoms with van der Waals surface area (Å²) in [5.41, 5.74) is 2.46. The van der Waals surface area contributed by atoms with Crippen LogP contribution in [0.25, 0.3) is 11.1 Å². The van der Waals surface area contributed by atoms with Crippen molar-refractivity contribution in [1.82, 2.24) is 9.62 Å². The van der Waals surface area contributed by atoms with Gasteiger partial charge in [-0.3, -0.25) is 4.79 Å². The fourth-order valence-electron chi connectivity index (χ4n) is 3.53. The van der Waals surface area contributed by atoms with Crippen molar-refractivity contribution in [1.29, 1.82) is 0 Å². The summed E-state index contributed by atoms with van der Waals surface area (Å²) in [5, 5.41) is 15.9. The Bertz CT molecular complexity index is 1020. The highest BCUT2D eigenvalue weighted by atomic mass is 32.2. The van der Waals surface area contributed by atoms with Crippen molar-refractivity contribution < 1.29 is 23.2 Å². The van der Waals surface area contributed by atoms with Crippen LogP contribution in [0, 0.1) is 0 Å². The van der Waals surface area contributed by atoms with Crippen molar-refractivity contribution in [3.63, 3.8) is 0 Å². The zero-order valence-electron chi connectivity index (χ0n) is 17.6. The molecule has 1 unspecified atom stereocenters. The van der Waals surface area contributed by atoms with E-state index in [2.05, 4.69) is 10.5 Å². The van der Waals surface area contributed by atoms with Crippen molar-refractivity contribution >= 4 is 21.6 Å². The number of aliphatic hydroxyl groups excluding tert-OH is 1. The topological polar surface area (TPSA) is 108 Å². The molecule has 2 aromatic rings. The van der Waals surface area contributed by atoms with E-state index in [4.69, 9.17) is 4.84 Å². The summed E-state index contributed by atoms with van der Waals surface area (Å²) in [4.78, 5) is 17.2. The second-order valence-corrected chi connectivity index (χ2v) is 9.39. The van der Waals surface area contributed by atoms with Crippen molar-refractivity contribution in [2.45, 2.75) is 36.8 Å². The smallest absolute Gasteiger partial charge is 0.243 e. The molecule has 0 aliphatic carbocycles. The number of hydrogen-bond acceptors (Lipinski definition) is 6. The van der Waals surface area contributed by atoms with Gasteiger partial charge in [0.25, 0.3) is 0 Å². The number of sulfonamides is 1. The average molecular weight is 446 g/mol. The van der Waals surface area contributed by atoms with E-state index in [1.54, 1.807) is 31.2 Å². The molecule has 0 saturated carbocycles. The monoisotopic (exact) mass is 445 g/mol. The van der Waals surface area contributed by atoms with E-state index < -0.39 is 22.2 Å². The Morgan fingerprint density at radius 1 is 1.19 bits per heavy atom. The summed E-state index contributed by atoms with van der Waals surface area (Å²) in [6.45, 7) is 1.73. The number of benzene rings is 2. The lowest BCUT2D eigenvalue weighted by molar-refractivity contribution is -0.122. The molecule has 0 bridgehead atoms. The number of nitrogens with zero attached hydrogens (tertiary/aromatic N) is 2. The number of carbonyl (C=O) groups excluding carboxylic acids is 1. The maximum absolute atomic E-state index is 13.3. The highest BCUT2D eigenvalue weighted by molar-refractivity contribution is 7.89. The molecule has 31 heavy (non-hydrogen) atoms. The van der Waals surface area contributed by atoms with Gasteiger partial charge in [-0.1, -0.05) is 47.6 Å². The first kappa shape index (κ1) is 22.9. The number of carbonyl (C=O) groups is 1. The summed E-state index contributed by atoms with van der Waals surface area (Å²) in [6, 6.07) is 15.8. The SMILES string of the molecule is CON=C1C[C@@H](CC(=O)NCC(C)O)N(S(=O)(=O)c2ccc(-c3ccccc3)cc2)C1. The predicted octanol–water partition coefficient (Wildman–Crippen LogP) is 2.01. The van der Waals surface area contributed by atoms with Gasteiger partial charge in [0.2, 0.25) is 15.9 Å². The van der Waals surface area contributed by atoms with Crippen molar-refractivity contribution in [3.05, 3.63) is 54.6 Å². The Morgan fingerprint density at radius 3 is 2.45 bits per heavy atom. The third kappa shape index (κ3) is 5.69. The lowest BCUT2D eigenvalue weighted by Crippen LogP contribution is -2.40. The highest BCUT2D eigenvalue weighted by Gasteiger charge is 2.39. The van der Waals surface area contributed by atoms with Gasteiger partial charge in [-0.05, 0) is 30.2 Å². The van der Waals surface area contributed by atoms with Crippen LogP contribution in [0.4, 0.5) is 0 Å². The zero-order valence-corrected chi connectivity index (χ0v) is 18.4. The number of nitrogens with one attached hydrogen (secondary N) is 1. The third-order valence-corrected chi connectivity index (χ3v) is 6.93. The van der Waals surface area contributed by atoms with Crippen LogP contribution in [0.3, 0.4) is 0 Å². The lowest BCUT2D eigenvalue weighted by Gasteiger charge is -2.23. The van der Waals surface area contributed by atoms with Crippen LogP contribution in [0.5, 0.6) is 0 Å². The van der Waals surface area contributed by atoms with Crippen molar-refractivity contribution in [2.75, 3.05) is 20.2 Å². The first-order valence-corrected chi connectivity index (χ1v) is 11.5. The van der Waals surface area contributed by atoms with Crippen LogP contribution < -0.4 is 5.32 Å². The van der Waals surface area contributed by atoms with Gasteiger partial charge in [-0.15, -0.1) is 0 Å². The Morgan fingerprint density at radius 2 is 1.84 bits per heavy atom. The first-order valence-electron chi connectivity index (χ1n) is 10.0. The van der Waals surface area contributed by atoms with Crippen LogP contribution in [-0.2, 0) is 19.7 Å². The molecule has 8 nitrogen and oxygen atoms in total. The Hall–Kier alpha value is -2.75. The Balaban J connectivity index is 1.82. The van der Waals surface area contributed by atoms with E-state index in [1.807, 2.05) is 30.3 Å². The molecule has 166 valence electrons. The molecule has 2 atom stereocenters. The average Bonchev–Trinajstić information content (AvgIpc) is 3.16. The van der Waals surface area contributed by atoms with Crippen LogP contribution in [-0.4, -0.2) is 61.8 Å². The number of hydrogen-bond donors (Lipinski definition) is 2. The van der Waals surface area contributed by atoms with Crippen LogP contribution in [0.1, 0.15) is 19.8 Å². The van der Waals surface area contributed by atoms with E-state index in [-0.39, 0.29) is 30.3 Å². The second-order valence-electron chi connectivity index (χ2n) is 7.50. The molecule has 2 N–H and O–H groups in total. The molecule has 1 saturated heterocycles. The lowest BCUT2D eigenvalue weighted by atomic mass is 10.1. The molecule has 3 rings (SSSR count). The maximum atomic E-state index is 13.3. The summed E-state index contributed by atoms with van der Waals surface area (Å²) in [5.74, 6) is -0.329. The zero-order chi connectivity index (χ0) is 22.4. The largest absolute Gasteiger partial charge is 0.399 e. The number of oxime groups is 1. The number of amides is 1. The molecule has 0 aromatic heterocycles. The highest BCUT2D eigenvalue weighted by Crippen LogP contribution is 2.28. The minimum absolute atomic E-state index is 0.0310. The molecule has 1 heterocycles. The minimum Gasteiger partial charge on any atom is -0.399 e. The van der Waals surface area contributed by atoms with E-state index >= 15 is 0 Å². The van der Waals surface area contributed by atoms with Gasteiger partial charge < -0.3 is 15.3 Å². The van der Waals surface area contributed by atoms with Gasteiger partial charge in [-0.2, -0.15) is 4.31 Å². The first-order chi connectivity index (χ1) is 14.8. The fourth-order valence-corrected chi connectivity index (χ4v) is 5.14. The van der Waals surface area contributed by atoms with Gasteiger partial charge >= 0.3 is 0 Å². The van der Waals surface area contributed by atoms with E-state index in [1.165, 1.54) is 11.4 Å². The molecular weight excluding hydrogens is 418 g/mol. The predicted molar refractivity (Wildman–Crippen MR) is 118 cm³/mol. The molecule has 1 aliphatic rings. The molecule has 1 amide bonds. The van der Waals surface area contributed by atoms with Crippen LogP contribution in [0.15, 0.2) is 64.6 Å². The minimum atomic E-state index is -3.85. The number of rotatable bonds is 8. The van der Waals surface area contributed by atoms with Crippen molar-refractivity contribution in [3.8, 4) is 11.1 Å². The van der Waals surface area contributed by atoms with E-state index in [9.17, 15) is 18.3 Å². The molecule has 0 spiro atoms. The molecule has 1 aliphatic heterocycles. The molecule has 2 aromatic carbocycles. The van der Waals surface area contributed by atoms with E-state index in [0.29, 0.717) is 12.1 Å². The van der Waals surface area contributed by atoms with Gasteiger partial charge in [0.05, 0.1) is 23.3 Å². The van der Waals surface area contributed by atoms with Crippen molar-refractivity contribution in [2.24, 2.45) is 5.16 Å². The quantitative estimate of drug-likeness (QED) is 0.604. The molecular formula is C22H27N3O5S. The van der Waals surface area contributed by atoms with Gasteiger partial charge in [-0.25, -0.2) is 8.42 Å². The Labute approximate surface area is 182 Å². The summed E-state index contributed by atoms with van der Waals surface area (Å²) in [6.07, 6.45) is -0.408. The van der Waals surface area contributed by atoms with Crippen LogP contribution in [0.2, 0.25) is 0 Å². The van der Waals surface area contributed by atoms with Crippen LogP contribution >= 0.6 is 0 Å². The molecule has 9 heteroatoms. The number of aliphatic hydroxyl groups is 1. The van der Waals surface area contributed by atoms with Gasteiger partial charge in [0.15, 0.2) is 0 Å². The third-order valence-electron chi connectivity index (χ3n) is 5.02. The summed E-state index contributed by atoms with van der Waals surface area (Å²) >= 11 is 0.